The summed E-state index contributed by atoms with van der Waals surface area (Å²) in [5, 5.41) is -0.865. The van der Waals surface area contributed by atoms with Crippen molar-refractivity contribution in [3.8, 4) is 12.3 Å². The number of nitrogens with zero attached hydrogens (tertiary/aromatic N) is 1. The molecule has 1 unspecified atom stereocenters. The first-order valence-electron chi connectivity index (χ1n) is 5.96. The summed E-state index contributed by atoms with van der Waals surface area (Å²) in [7, 11) is -3.26. The van der Waals surface area contributed by atoms with Gasteiger partial charge < -0.3 is 4.90 Å². The lowest BCUT2D eigenvalue weighted by Gasteiger charge is -2.27. The Kier molecular flexibility index (Phi) is 5.01. The van der Waals surface area contributed by atoms with E-state index in [1.807, 2.05) is 6.92 Å². The number of hydrogen-bond donors (Lipinski definition) is 0. The molecule has 1 aliphatic rings. The standard InChI is InChI=1S/C12H19NO3S/c1-3-8-13(9-4-2)12(14)11-7-5-6-10-17(11,15)16/h1,11H,4-10H2,2H3. The van der Waals surface area contributed by atoms with Crippen LogP contribution in [0.1, 0.15) is 32.6 Å². The SMILES string of the molecule is C#CCN(CCC)C(=O)C1CCCCS1(=O)=O. The number of terminal acetylenes is 1. The summed E-state index contributed by atoms with van der Waals surface area (Å²) in [5.41, 5.74) is 0. The van der Waals surface area contributed by atoms with Crippen LogP contribution in [0, 0.1) is 12.3 Å². The van der Waals surface area contributed by atoms with Gasteiger partial charge in [0.15, 0.2) is 9.84 Å². The molecule has 17 heavy (non-hydrogen) atoms. The molecule has 0 radical (unpaired) electrons. The molecule has 1 fully saturated rings. The monoisotopic (exact) mass is 257 g/mol. The molecular weight excluding hydrogens is 238 g/mol. The summed E-state index contributed by atoms with van der Waals surface area (Å²) in [6, 6.07) is 0. The second-order valence-electron chi connectivity index (χ2n) is 4.32. The van der Waals surface area contributed by atoms with Crippen LogP contribution in [0.2, 0.25) is 0 Å². The number of sulfone groups is 1. The zero-order valence-corrected chi connectivity index (χ0v) is 11.0. The highest BCUT2D eigenvalue weighted by Crippen LogP contribution is 2.21. The smallest absolute Gasteiger partial charge is 0.241 e. The Hall–Kier alpha value is -1.02. The van der Waals surface area contributed by atoms with Gasteiger partial charge in [-0.3, -0.25) is 4.79 Å². The Bertz CT molecular complexity index is 408. The molecule has 4 nitrogen and oxygen atoms in total. The highest BCUT2D eigenvalue weighted by atomic mass is 32.2. The molecule has 1 aliphatic heterocycles. The van der Waals surface area contributed by atoms with Crippen molar-refractivity contribution in [2.45, 2.75) is 37.9 Å². The second-order valence-corrected chi connectivity index (χ2v) is 6.62. The van der Waals surface area contributed by atoms with Crippen molar-refractivity contribution in [2.75, 3.05) is 18.8 Å². The van der Waals surface area contributed by atoms with Crippen LogP contribution >= 0.6 is 0 Å². The first-order valence-corrected chi connectivity index (χ1v) is 7.68. The molecule has 0 aromatic rings. The molecule has 0 N–H and O–H groups in total. The van der Waals surface area contributed by atoms with E-state index in [1.54, 1.807) is 0 Å². The molecule has 1 atom stereocenters. The van der Waals surface area contributed by atoms with E-state index in [4.69, 9.17) is 6.42 Å². The van der Waals surface area contributed by atoms with Crippen LogP contribution in [-0.2, 0) is 14.6 Å². The van der Waals surface area contributed by atoms with Crippen LogP contribution in [0.25, 0.3) is 0 Å². The lowest BCUT2D eigenvalue weighted by molar-refractivity contribution is -0.130. The predicted molar refractivity (Wildman–Crippen MR) is 67.1 cm³/mol. The molecule has 0 aromatic carbocycles. The third kappa shape index (κ3) is 3.47. The van der Waals surface area contributed by atoms with E-state index < -0.39 is 15.1 Å². The lowest BCUT2D eigenvalue weighted by Crippen LogP contribution is -2.45. The molecule has 0 bridgehead atoms. The number of amides is 1. The van der Waals surface area contributed by atoms with Gasteiger partial charge in [-0.05, 0) is 19.3 Å². The molecular formula is C12H19NO3S. The van der Waals surface area contributed by atoms with Crippen LogP contribution in [0.3, 0.4) is 0 Å². The third-order valence-electron chi connectivity index (χ3n) is 2.94. The summed E-state index contributed by atoms with van der Waals surface area (Å²) in [4.78, 5) is 13.6. The van der Waals surface area contributed by atoms with Gasteiger partial charge in [0.1, 0.15) is 5.25 Å². The summed E-state index contributed by atoms with van der Waals surface area (Å²) in [6.45, 7) is 2.65. The molecule has 1 rings (SSSR count). The van der Waals surface area contributed by atoms with E-state index in [9.17, 15) is 13.2 Å². The fraction of sp³-hybridized carbons (Fsp3) is 0.750. The topological polar surface area (TPSA) is 54.5 Å². The molecule has 0 aliphatic carbocycles. The van der Waals surface area contributed by atoms with Gasteiger partial charge in [0.25, 0.3) is 0 Å². The quantitative estimate of drug-likeness (QED) is 0.701. The largest absolute Gasteiger partial charge is 0.330 e. The number of carbonyl (C=O) groups is 1. The molecule has 1 amide bonds. The van der Waals surface area contributed by atoms with Crippen LogP contribution in [0.4, 0.5) is 0 Å². The Morgan fingerprint density at radius 3 is 2.71 bits per heavy atom. The van der Waals surface area contributed by atoms with Crippen molar-refractivity contribution in [3.63, 3.8) is 0 Å². The third-order valence-corrected chi connectivity index (χ3v) is 5.10. The summed E-state index contributed by atoms with van der Waals surface area (Å²) >= 11 is 0. The maximum atomic E-state index is 12.1. The van der Waals surface area contributed by atoms with Gasteiger partial charge in [0.05, 0.1) is 12.3 Å². The van der Waals surface area contributed by atoms with E-state index in [0.29, 0.717) is 19.4 Å². The Labute approximate surface area is 103 Å². The average molecular weight is 257 g/mol. The fourth-order valence-electron chi connectivity index (χ4n) is 2.08. The van der Waals surface area contributed by atoms with Gasteiger partial charge in [-0.2, -0.15) is 0 Å². The number of rotatable bonds is 4. The molecule has 96 valence electrons. The minimum Gasteiger partial charge on any atom is -0.330 e. The van der Waals surface area contributed by atoms with Crippen molar-refractivity contribution in [1.29, 1.82) is 0 Å². The molecule has 1 heterocycles. The first-order chi connectivity index (χ1) is 8.03. The second kappa shape index (κ2) is 6.06. The summed E-state index contributed by atoms with van der Waals surface area (Å²) < 4.78 is 23.7. The van der Waals surface area contributed by atoms with Gasteiger partial charge in [0, 0.05) is 6.54 Å². The van der Waals surface area contributed by atoms with Crippen LogP contribution in [0.15, 0.2) is 0 Å². The van der Waals surface area contributed by atoms with Crippen molar-refractivity contribution in [3.05, 3.63) is 0 Å². The Balaban J connectivity index is 2.82. The van der Waals surface area contributed by atoms with Crippen LogP contribution in [0.5, 0.6) is 0 Å². The first kappa shape index (κ1) is 14.0. The molecule has 0 aromatic heterocycles. The van der Waals surface area contributed by atoms with Gasteiger partial charge in [-0.1, -0.05) is 19.3 Å². The average Bonchev–Trinajstić information content (AvgIpc) is 2.27. The van der Waals surface area contributed by atoms with E-state index in [0.717, 1.165) is 12.8 Å². The van der Waals surface area contributed by atoms with Crippen molar-refractivity contribution in [2.24, 2.45) is 0 Å². The summed E-state index contributed by atoms with van der Waals surface area (Å²) in [5.74, 6) is 2.22. The number of carbonyl (C=O) groups excluding carboxylic acids is 1. The van der Waals surface area contributed by atoms with Crippen molar-refractivity contribution < 1.29 is 13.2 Å². The maximum Gasteiger partial charge on any atom is 0.241 e. The zero-order valence-electron chi connectivity index (χ0n) is 10.2. The maximum absolute atomic E-state index is 12.1. The van der Waals surface area contributed by atoms with E-state index in [1.165, 1.54) is 4.90 Å². The van der Waals surface area contributed by atoms with Crippen molar-refractivity contribution in [1.82, 2.24) is 4.90 Å². The van der Waals surface area contributed by atoms with E-state index in [2.05, 4.69) is 5.92 Å². The van der Waals surface area contributed by atoms with Crippen LogP contribution in [-0.4, -0.2) is 43.3 Å². The summed E-state index contributed by atoms with van der Waals surface area (Å²) in [6.07, 6.45) is 7.87. The minimum atomic E-state index is -3.26. The molecule has 1 saturated heterocycles. The number of hydrogen-bond acceptors (Lipinski definition) is 3. The zero-order chi connectivity index (χ0) is 12.9. The van der Waals surface area contributed by atoms with Crippen LogP contribution < -0.4 is 0 Å². The highest BCUT2D eigenvalue weighted by molar-refractivity contribution is 7.92. The normalized spacial score (nSPS) is 22.7. The Morgan fingerprint density at radius 2 is 2.18 bits per heavy atom. The molecule has 5 heteroatoms. The molecule has 0 spiro atoms. The Morgan fingerprint density at radius 1 is 1.47 bits per heavy atom. The van der Waals surface area contributed by atoms with Gasteiger partial charge in [0.2, 0.25) is 5.91 Å². The van der Waals surface area contributed by atoms with E-state index >= 15 is 0 Å². The van der Waals surface area contributed by atoms with Gasteiger partial charge in [-0.25, -0.2) is 8.42 Å². The lowest BCUT2D eigenvalue weighted by atomic mass is 10.1. The minimum absolute atomic E-state index is 0.124. The highest BCUT2D eigenvalue weighted by Gasteiger charge is 2.36. The fourth-order valence-corrected chi connectivity index (χ4v) is 3.96. The van der Waals surface area contributed by atoms with Crippen molar-refractivity contribution >= 4 is 15.7 Å². The van der Waals surface area contributed by atoms with Gasteiger partial charge in [-0.15, -0.1) is 6.42 Å². The van der Waals surface area contributed by atoms with E-state index in [-0.39, 0.29) is 18.2 Å². The predicted octanol–water partition coefficient (Wildman–Crippen LogP) is 0.826. The molecule has 0 saturated carbocycles. The van der Waals surface area contributed by atoms with Gasteiger partial charge >= 0.3 is 0 Å².